The quantitative estimate of drug-likeness (QED) is 0.370. The van der Waals surface area contributed by atoms with Gasteiger partial charge < -0.3 is 0 Å². The van der Waals surface area contributed by atoms with Crippen LogP contribution in [0.4, 0.5) is 0 Å². The van der Waals surface area contributed by atoms with Crippen molar-refractivity contribution in [3.8, 4) is 33.5 Å². The van der Waals surface area contributed by atoms with Gasteiger partial charge in [0.05, 0.1) is 5.69 Å². The summed E-state index contributed by atoms with van der Waals surface area (Å²) in [6.45, 7) is -2.01. The first-order chi connectivity index (χ1) is 16.9. The predicted octanol–water partition coefficient (Wildman–Crippen LogP) is 6.16. The fourth-order valence-corrected chi connectivity index (χ4v) is 4.35. The van der Waals surface area contributed by atoms with Crippen LogP contribution in [0.25, 0.3) is 33.5 Å². The van der Waals surface area contributed by atoms with Gasteiger partial charge in [-0.05, 0) is 53.8 Å². The Morgan fingerprint density at radius 2 is 1.63 bits per heavy atom. The Morgan fingerprint density at radius 1 is 0.833 bits per heavy atom. The summed E-state index contributed by atoms with van der Waals surface area (Å²) >= 11 is 0. The summed E-state index contributed by atoms with van der Waals surface area (Å²) in [5, 5.41) is 0. The number of benzene rings is 2. The van der Waals surface area contributed by atoms with Crippen molar-refractivity contribution < 1.29 is 12.8 Å². The molecule has 1 aliphatic rings. The van der Waals surface area contributed by atoms with Gasteiger partial charge in [0.25, 0.3) is 0 Å². The molecule has 0 saturated carbocycles. The molecule has 0 N–H and O–H groups in total. The third-order valence-corrected chi connectivity index (χ3v) is 5.98. The van der Waals surface area contributed by atoms with Crippen LogP contribution in [0, 0.1) is 13.8 Å². The molecule has 0 radical (unpaired) electrons. The van der Waals surface area contributed by atoms with Crippen LogP contribution in [0.15, 0.2) is 72.9 Å². The van der Waals surface area contributed by atoms with Gasteiger partial charge in [0.1, 0.15) is 7.05 Å². The van der Waals surface area contributed by atoms with E-state index in [-0.39, 0.29) is 5.69 Å². The molecule has 0 amide bonds. The Bertz CT molecular complexity index is 1470. The van der Waals surface area contributed by atoms with Crippen molar-refractivity contribution in [1.29, 1.82) is 0 Å². The van der Waals surface area contributed by atoms with Crippen molar-refractivity contribution in [3.63, 3.8) is 0 Å². The number of aromatic nitrogens is 2. The van der Waals surface area contributed by atoms with Crippen molar-refractivity contribution >= 4 is 0 Å². The third kappa shape index (κ3) is 2.79. The van der Waals surface area contributed by atoms with E-state index in [0.29, 0.717) is 22.4 Å². The largest absolute Gasteiger partial charge is 0.257 e. The lowest BCUT2D eigenvalue weighted by Crippen LogP contribution is -2.30. The first-order valence-corrected chi connectivity index (χ1v) is 10.1. The van der Waals surface area contributed by atoms with Crippen molar-refractivity contribution in [2.24, 2.45) is 7.05 Å². The maximum absolute atomic E-state index is 8.44. The van der Waals surface area contributed by atoms with Gasteiger partial charge in [-0.15, -0.1) is 0 Å². The van der Waals surface area contributed by atoms with Crippen molar-refractivity contribution in [2.75, 3.05) is 0 Å². The van der Waals surface area contributed by atoms with Crippen LogP contribution in [0.3, 0.4) is 0 Å². The SMILES string of the molecule is [2H]C([2H])([2H])C1(C([2H])([2H])[2H])c2cc(C)c(-c3cc(-c4ccccc4)cc[n+]3C)cc2-c2ccc(C)nc21. The van der Waals surface area contributed by atoms with Crippen LogP contribution < -0.4 is 4.57 Å². The zero-order chi connectivity index (χ0) is 26.0. The maximum atomic E-state index is 8.44. The van der Waals surface area contributed by atoms with Gasteiger partial charge in [-0.2, -0.15) is 0 Å². The van der Waals surface area contributed by atoms with E-state index in [2.05, 4.69) is 29.2 Å². The lowest BCUT2D eigenvalue weighted by molar-refractivity contribution is -0.660. The average molecular weight is 398 g/mol. The number of aryl methyl sites for hydroxylation is 3. The molecule has 0 bridgehead atoms. The van der Waals surface area contributed by atoms with Gasteiger partial charge in [-0.1, -0.05) is 56.2 Å². The predicted molar refractivity (Wildman–Crippen MR) is 123 cm³/mol. The Morgan fingerprint density at radius 3 is 2.40 bits per heavy atom. The van der Waals surface area contributed by atoms with Gasteiger partial charge >= 0.3 is 0 Å². The molecule has 148 valence electrons. The lowest BCUT2D eigenvalue weighted by atomic mass is 9.83. The molecule has 0 spiro atoms. The fraction of sp³-hybridized carbons (Fsp3) is 0.214. The Balaban J connectivity index is 1.82. The zero-order valence-corrected chi connectivity index (χ0v) is 17.3. The Hall–Kier alpha value is -3.26. The molecular formula is C28H27N2+. The van der Waals surface area contributed by atoms with Gasteiger partial charge in [-0.25, -0.2) is 4.57 Å². The number of fused-ring (bicyclic) bond motifs is 3. The van der Waals surface area contributed by atoms with Crippen molar-refractivity contribution in [1.82, 2.24) is 4.98 Å². The topological polar surface area (TPSA) is 16.8 Å². The van der Waals surface area contributed by atoms with Gasteiger partial charge in [-0.3, -0.25) is 4.98 Å². The molecule has 30 heavy (non-hydrogen) atoms. The number of hydrogen-bond acceptors (Lipinski definition) is 1. The van der Waals surface area contributed by atoms with Gasteiger partial charge in [0, 0.05) is 42.6 Å². The first-order valence-electron chi connectivity index (χ1n) is 13.1. The van der Waals surface area contributed by atoms with Crippen molar-refractivity contribution in [2.45, 2.75) is 33.0 Å². The second kappa shape index (κ2) is 6.63. The molecule has 4 aromatic rings. The minimum absolute atomic E-state index is 0.108. The molecule has 0 unspecified atom stereocenters. The summed E-state index contributed by atoms with van der Waals surface area (Å²) in [5.41, 5.74) is 4.75. The maximum Gasteiger partial charge on any atom is 0.213 e. The average Bonchev–Trinajstić information content (AvgIpc) is 3.09. The number of rotatable bonds is 2. The highest BCUT2D eigenvalue weighted by molar-refractivity contribution is 5.84. The number of nitrogens with zero attached hydrogens (tertiary/aromatic N) is 2. The summed E-state index contributed by atoms with van der Waals surface area (Å²) in [6, 6.07) is 21.5. The summed E-state index contributed by atoms with van der Waals surface area (Å²) in [7, 11) is 1.96. The van der Waals surface area contributed by atoms with E-state index in [9.17, 15) is 0 Å². The van der Waals surface area contributed by atoms with E-state index in [0.717, 1.165) is 27.9 Å². The van der Waals surface area contributed by atoms with E-state index in [1.165, 1.54) is 0 Å². The first kappa shape index (κ1) is 13.1. The second-order valence-corrected chi connectivity index (χ2v) is 8.09. The van der Waals surface area contributed by atoms with Crippen LogP contribution in [0.2, 0.25) is 0 Å². The summed E-state index contributed by atoms with van der Waals surface area (Å²) in [4.78, 5) is 4.53. The molecule has 0 fully saturated rings. The lowest BCUT2D eigenvalue weighted by Gasteiger charge is -2.21. The Labute approximate surface area is 187 Å². The molecule has 0 atom stereocenters. The number of hydrogen-bond donors (Lipinski definition) is 0. The van der Waals surface area contributed by atoms with Crippen LogP contribution in [-0.4, -0.2) is 4.98 Å². The smallest absolute Gasteiger partial charge is 0.213 e. The molecule has 2 aromatic heterocycles. The molecule has 0 saturated heterocycles. The molecule has 0 aliphatic heterocycles. The zero-order valence-electron chi connectivity index (χ0n) is 23.3. The fourth-order valence-electron chi connectivity index (χ4n) is 4.35. The minimum Gasteiger partial charge on any atom is -0.257 e. The standard InChI is InChI=1S/C28H27N2/c1-18-15-25-24(22-12-11-19(2)29-27(22)28(25,3)4)17-23(18)26-16-21(13-14-30(26)5)20-9-7-6-8-10-20/h6-17H,1-5H3/q+1/i3D3,4D3. The molecule has 2 aromatic carbocycles. The molecular weight excluding hydrogens is 364 g/mol. The van der Waals surface area contributed by atoms with Crippen LogP contribution in [0.5, 0.6) is 0 Å². The van der Waals surface area contributed by atoms with Gasteiger partial charge in [0.15, 0.2) is 6.20 Å². The molecule has 2 heteroatoms. The molecule has 5 rings (SSSR count). The summed E-state index contributed by atoms with van der Waals surface area (Å²) in [5.74, 6) is 0. The third-order valence-electron chi connectivity index (χ3n) is 5.98. The van der Waals surface area contributed by atoms with E-state index >= 15 is 0 Å². The summed E-state index contributed by atoms with van der Waals surface area (Å²) in [6.07, 6.45) is 2.00. The van der Waals surface area contributed by atoms with Crippen LogP contribution in [0.1, 0.15) is 44.4 Å². The van der Waals surface area contributed by atoms with Crippen LogP contribution >= 0.6 is 0 Å². The summed E-state index contributed by atoms with van der Waals surface area (Å²) < 4.78 is 52.7. The highest BCUT2D eigenvalue weighted by Gasteiger charge is 2.38. The van der Waals surface area contributed by atoms with E-state index < -0.39 is 19.1 Å². The number of pyridine rings is 2. The minimum atomic E-state index is -2.83. The molecule has 2 nitrogen and oxygen atoms in total. The molecule has 1 aliphatic carbocycles. The normalized spacial score (nSPS) is 17.6. The van der Waals surface area contributed by atoms with E-state index in [4.69, 9.17) is 8.22 Å². The van der Waals surface area contributed by atoms with E-state index in [1.807, 2.05) is 49.0 Å². The van der Waals surface area contributed by atoms with Crippen LogP contribution in [-0.2, 0) is 12.5 Å². The highest BCUT2D eigenvalue weighted by Crippen LogP contribution is 2.49. The molecule has 2 heterocycles. The Kier molecular flexibility index (Phi) is 2.90. The monoisotopic (exact) mass is 397 g/mol. The van der Waals surface area contributed by atoms with Gasteiger partial charge in [0.2, 0.25) is 5.69 Å². The van der Waals surface area contributed by atoms with Crippen molar-refractivity contribution in [3.05, 3.63) is 95.4 Å². The highest BCUT2D eigenvalue weighted by atomic mass is 14.9. The van der Waals surface area contributed by atoms with E-state index in [1.54, 1.807) is 25.1 Å². The second-order valence-electron chi connectivity index (χ2n) is 8.09.